The van der Waals surface area contributed by atoms with Crippen LogP contribution in [0.4, 0.5) is 0 Å². The molecule has 3 rings (SSSR count). The van der Waals surface area contributed by atoms with Gasteiger partial charge in [0.25, 0.3) is 5.91 Å². The minimum atomic E-state index is -0.167. The summed E-state index contributed by atoms with van der Waals surface area (Å²) >= 11 is 0. The van der Waals surface area contributed by atoms with Gasteiger partial charge in [-0.2, -0.15) is 5.10 Å². The highest BCUT2D eigenvalue weighted by Crippen LogP contribution is 2.27. The molecule has 0 radical (unpaired) electrons. The fraction of sp³-hybridized carbons (Fsp3) is 0.737. The van der Waals surface area contributed by atoms with Gasteiger partial charge in [0.15, 0.2) is 0 Å². The SMILES string of the molecule is CCNC(=O)[C@@H]1C[C@H](NC(=O)c2ccnn2C)CN1C1CCN(CC)CC1. The van der Waals surface area contributed by atoms with Crippen LogP contribution in [0.15, 0.2) is 12.3 Å². The Bertz CT molecular complexity index is 652. The standard InChI is InChI=1S/C19H32N6O2/c1-4-20-18(26)17-12-14(22-19(27)16-6-9-21-23(16)3)13-25(17)15-7-10-24(5-2)11-8-15/h6,9,14-15,17H,4-5,7-8,10-13H2,1-3H3,(H,20,26)(H,22,27)/t14-,17-/m0/s1. The fourth-order valence-electron chi connectivity index (χ4n) is 4.34. The zero-order valence-electron chi connectivity index (χ0n) is 16.6. The van der Waals surface area contributed by atoms with Crippen molar-refractivity contribution < 1.29 is 9.59 Å². The van der Waals surface area contributed by atoms with Gasteiger partial charge < -0.3 is 15.5 Å². The van der Waals surface area contributed by atoms with E-state index in [-0.39, 0.29) is 23.9 Å². The molecule has 0 spiro atoms. The van der Waals surface area contributed by atoms with Crippen molar-refractivity contribution in [2.45, 2.75) is 51.2 Å². The van der Waals surface area contributed by atoms with Crippen molar-refractivity contribution >= 4 is 11.8 Å². The van der Waals surface area contributed by atoms with Gasteiger partial charge in [0.2, 0.25) is 5.91 Å². The van der Waals surface area contributed by atoms with Crippen LogP contribution in [0.5, 0.6) is 0 Å². The van der Waals surface area contributed by atoms with Crippen molar-refractivity contribution in [2.75, 3.05) is 32.7 Å². The first kappa shape index (κ1) is 19.8. The van der Waals surface area contributed by atoms with E-state index < -0.39 is 0 Å². The molecule has 8 heteroatoms. The molecule has 27 heavy (non-hydrogen) atoms. The van der Waals surface area contributed by atoms with E-state index in [1.807, 2.05) is 6.92 Å². The summed E-state index contributed by atoms with van der Waals surface area (Å²) in [4.78, 5) is 30.0. The molecule has 150 valence electrons. The van der Waals surface area contributed by atoms with Crippen molar-refractivity contribution in [1.82, 2.24) is 30.2 Å². The number of nitrogens with zero attached hydrogens (tertiary/aromatic N) is 4. The molecule has 3 heterocycles. The molecule has 1 aromatic rings. The van der Waals surface area contributed by atoms with Crippen LogP contribution in [0.2, 0.25) is 0 Å². The number of aromatic nitrogens is 2. The number of likely N-dealkylation sites (N-methyl/N-ethyl adjacent to an activating group) is 1. The van der Waals surface area contributed by atoms with E-state index in [0.717, 1.165) is 39.0 Å². The van der Waals surface area contributed by atoms with Crippen LogP contribution in [0.25, 0.3) is 0 Å². The van der Waals surface area contributed by atoms with Gasteiger partial charge in [-0.1, -0.05) is 6.92 Å². The summed E-state index contributed by atoms with van der Waals surface area (Å²) in [6.45, 7) is 8.72. The molecule has 0 saturated carbocycles. The van der Waals surface area contributed by atoms with Gasteiger partial charge in [-0.25, -0.2) is 0 Å². The summed E-state index contributed by atoms with van der Waals surface area (Å²) in [6, 6.07) is 1.92. The largest absolute Gasteiger partial charge is 0.355 e. The first-order valence-electron chi connectivity index (χ1n) is 10.1. The molecular formula is C19H32N6O2. The number of piperidine rings is 1. The minimum absolute atomic E-state index is 0.0239. The van der Waals surface area contributed by atoms with E-state index in [1.54, 1.807) is 24.0 Å². The number of nitrogens with one attached hydrogen (secondary N) is 2. The Morgan fingerprint density at radius 3 is 2.59 bits per heavy atom. The average Bonchev–Trinajstić information content (AvgIpc) is 3.28. The van der Waals surface area contributed by atoms with E-state index >= 15 is 0 Å². The molecular weight excluding hydrogens is 344 g/mol. The topological polar surface area (TPSA) is 82.5 Å². The minimum Gasteiger partial charge on any atom is -0.355 e. The lowest BCUT2D eigenvalue weighted by atomic mass is 10.0. The Hall–Kier alpha value is -1.93. The van der Waals surface area contributed by atoms with Crippen molar-refractivity contribution in [2.24, 2.45) is 7.05 Å². The average molecular weight is 377 g/mol. The van der Waals surface area contributed by atoms with E-state index in [9.17, 15) is 9.59 Å². The highest BCUT2D eigenvalue weighted by molar-refractivity contribution is 5.92. The molecule has 2 N–H and O–H groups in total. The predicted octanol–water partition coefficient (Wildman–Crippen LogP) is 0.213. The van der Waals surface area contributed by atoms with E-state index in [0.29, 0.717) is 24.7 Å². The third kappa shape index (κ3) is 4.50. The van der Waals surface area contributed by atoms with Gasteiger partial charge >= 0.3 is 0 Å². The molecule has 2 atom stereocenters. The number of amides is 2. The molecule has 2 aliphatic rings. The van der Waals surface area contributed by atoms with Gasteiger partial charge in [-0.3, -0.25) is 19.2 Å². The van der Waals surface area contributed by atoms with Crippen molar-refractivity contribution in [3.05, 3.63) is 18.0 Å². The van der Waals surface area contributed by atoms with Crippen LogP contribution in [-0.2, 0) is 11.8 Å². The zero-order chi connectivity index (χ0) is 19.4. The zero-order valence-corrected chi connectivity index (χ0v) is 16.6. The van der Waals surface area contributed by atoms with E-state index in [1.165, 1.54) is 0 Å². The van der Waals surface area contributed by atoms with E-state index in [2.05, 4.69) is 32.5 Å². The maximum absolute atomic E-state index is 12.6. The predicted molar refractivity (Wildman–Crippen MR) is 103 cm³/mol. The number of hydrogen-bond acceptors (Lipinski definition) is 5. The molecule has 2 aliphatic heterocycles. The van der Waals surface area contributed by atoms with Crippen LogP contribution < -0.4 is 10.6 Å². The van der Waals surface area contributed by atoms with Gasteiger partial charge in [-0.15, -0.1) is 0 Å². The normalized spacial score (nSPS) is 24.9. The second-order valence-electron chi connectivity index (χ2n) is 7.52. The van der Waals surface area contributed by atoms with Crippen molar-refractivity contribution in [1.29, 1.82) is 0 Å². The van der Waals surface area contributed by atoms with Crippen LogP contribution in [0.1, 0.15) is 43.6 Å². The lowest BCUT2D eigenvalue weighted by Gasteiger charge is -2.38. The maximum Gasteiger partial charge on any atom is 0.269 e. The molecule has 1 aromatic heterocycles. The summed E-state index contributed by atoms with van der Waals surface area (Å²) in [7, 11) is 1.76. The number of rotatable bonds is 6. The number of carbonyl (C=O) groups excluding carboxylic acids is 2. The molecule has 0 aliphatic carbocycles. The smallest absolute Gasteiger partial charge is 0.269 e. The Labute approximate surface area is 161 Å². The number of aryl methyl sites for hydroxylation is 1. The molecule has 0 unspecified atom stereocenters. The molecule has 0 aromatic carbocycles. The lowest BCUT2D eigenvalue weighted by Crippen LogP contribution is -2.51. The Balaban J connectivity index is 1.67. The van der Waals surface area contributed by atoms with Crippen LogP contribution in [0, 0.1) is 0 Å². The Morgan fingerprint density at radius 2 is 2.00 bits per heavy atom. The van der Waals surface area contributed by atoms with Crippen LogP contribution in [0.3, 0.4) is 0 Å². The van der Waals surface area contributed by atoms with Crippen molar-refractivity contribution in [3.63, 3.8) is 0 Å². The van der Waals surface area contributed by atoms with E-state index in [4.69, 9.17) is 0 Å². The maximum atomic E-state index is 12.6. The summed E-state index contributed by atoms with van der Waals surface area (Å²) in [5.74, 6) is -0.0509. The van der Waals surface area contributed by atoms with Gasteiger partial charge in [0.1, 0.15) is 5.69 Å². The molecule has 2 fully saturated rings. The summed E-state index contributed by atoms with van der Waals surface area (Å²) in [5.41, 5.74) is 0.541. The summed E-state index contributed by atoms with van der Waals surface area (Å²) < 4.78 is 1.57. The van der Waals surface area contributed by atoms with Gasteiger partial charge in [0, 0.05) is 38.4 Å². The second-order valence-corrected chi connectivity index (χ2v) is 7.52. The Kier molecular flexibility index (Phi) is 6.49. The third-order valence-electron chi connectivity index (χ3n) is 5.86. The molecule has 2 saturated heterocycles. The highest BCUT2D eigenvalue weighted by atomic mass is 16.2. The van der Waals surface area contributed by atoms with Crippen molar-refractivity contribution in [3.8, 4) is 0 Å². The molecule has 2 amide bonds. The van der Waals surface area contributed by atoms with Crippen LogP contribution in [-0.4, -0.2) is 82.2 Å². The number of hydrogen-bond donors (Lipinski definition) is 2. The monoisotopic (exact) mass is 376 g/mol. The lowest BCUT2D eigenvalue weighted by molar-refractivity contribution is -0.126. The quantitative estimate of drug-likeness (QED) is 0.742. The third-order valence-corrected chi connectivity index (χ3v) is 5.86. The first-order valence-corrected chi connectivity index (χ1v) is 10.1. The number of likely N-dealkylation sites (tertiary alicyclic amines) is 2. The summed E-state index contributed by atoms with van der Waals surface area (Å²) in [5, 5.41) is 10.1. The second kappa shape index (κ2) is 8.84. The summed E-state index contributed by atoms with van der Waals surface area (Å²) in [6.07, 6.45) is 4.43. The number of carbonyl (C=O) groups is 2. The molecule has 0 bridgehead atoms. The van der Waals surface area contributed by atoms with Gasteiger partial charge in [-0.05, 0) is 51.9 Å². The Morgan fingerprint density at radius 1 is 1.26 bits per heavy atom. The first-order chi connectivity index (χ1) is 13.0. The van der Waals surface area contributed by atoms with Gasteiger partial charge in [0.05, 0.1) is 6.04 Å². The molecule has 8 nitrogen and oxygen atoms in total. The van der Waals surface area contributed by atoms with Crippen LogP contribution >= 0.6 is 0 Å². The highest BCUT2D eigenvalue weighted by Gasteiger charge is 2.41. The fourth-order valence-corrected chi connectivity index (χ4v) is 4.34.